The van der Waals surface area contributed by atoms with Crippen LogP contribution in [0.4, 0.5) is 17.1 Å². The van der Waals surface area contributed by atoms with Gasteiger partial charge in [0.1, 0.15) is 0 Å². The molecule has 0 fully saturated rings. The van der Waals surface area contributed by atoms with Crippen molar-refractivity contribution in [3.05, 3.63) is 224 Å². The minimum absolute atomic E-state index is 1.12. The maximum Gasteiger partial charge on any atom is 0.0555 e. The van der Waals surface area contributed by atoms with Gasteiger partial charge >= 0.3 is 0 Å². The summed E-state index contributed by atoms with van der Waals surface area (Å²) in [5.41, 5.74) is 13.2. The summed E-state index contributed by atoms with van der Waals surface area (Å²) in [6.45, 7) is 0. The summed E-state index contributed by atoms with van der Waals surface area (Å²) >= 11 is 3.76. The Morgan fingerprint density at radius 3 is 1.66 bits per heavy atom. The van der Waals surface area contributed by atoms with Crippen LogP contribution in [0.25, 0.3) is 95.6 Å². The zero-order valence-electron chi connectivity index (χ0n) is 33.1. The first-order chi connectivity index (χ1) is 30.2. The topological polar surface area (TPSA) is 3.24 Å². The zero-order chi connectivity index (χ0) is 40.3. The van der Waals surface area contributed by atoms with Crippen molar-refractivity contribution >= 4 is 90.9 Å². The SMILES string of the molecule is c1ccc(-c2ccc3c(c2)sc2ccc(N(c4ccc(-c5ccc(-c6ccc7ccccc7c6)cc5)cc4)c4ccc(-c5ccccc5)c5sc6ccccc6c45)cc23)cc1. The molecule has 0 amide bonds. The smallest absolute Gasteiger partial charge is 0.0555 e. The van der Waals surface area contributed by atoms with Crippen molar-refractivity contribution in [2.75, 3.05) is 4.90 Å². The molecule has 0 spiro atoms. The molecule has 10 aromatic carbocycles. The minimum atomic E-state index is 1.12. The van der Waals surface area contributed by atoms with Crippen LogP contribution in [0.2, 0.25) is 0 Å². The monoisotopic (exact) mass is 811 g/mol. The third kappa shape index (κ3) is 6.29. The summed E-state index contributed by atoms with van der Waals surface area (Å²) in [7, 11) is 0. The highest BCUT2D eigenvalue weighted by Crippen LogP contribution is 2.49. The maximum atomic E-state index is 2.48. The number of anilines is 3. The highest BCUT2D eigenvalue weighted by atomic mass is 32.1. The number of rotatable bonds is 7. The second kappa shape index (κ2) is 14.8. The Morgan fingerprint density at radius 1 is 0.295 bits per heavy atom. The Morgan fingerprint density at radius 2 is 0.869 bits per heavy atom. The van der Waals surface area contributed by atoms with E-state index in [4.69, 9.17) is 0 Å². The summed E-state index contributed by atoms with van der Waals surface area (Å²) in [6.07, 6.45) is 0. The van der Waals surface area contributed by atoms with Crippen LogP contribution >= 0.6 is 22.7 Å². The highest BCUT2D eigenvalue weighted by Gasteiger charge is 2.22. The highest BCUT2D eigenvalue weighted by molar-refractivity contribution is 7.26. The van der Waals surface area contributed by atoms with Crippen molar-refractivity contribution in [3.63, 3.8) is 0 Å². The van der Waals surface area contributed by atoms with Gasteiger partial charge in [-0.1, -0.05) is 170 Å². The van der Waals surface area contributed by atoms with E-state index in [1.165, 1.54) is 101 Å². The lowest BCUT2D eigenvalue weighted by molar-refractivity contribution is 1.31. The lowest BCUT2D eigenvalue weighted by atomic mass is 9.98. The molecule has 1 nitrogen and oxygen atoms in total. The summed E-state index contributed by atoms with van der Waals surface area (Å²) in [4.78, 5) is 2.48. The average Bonchev–Trinajstić information content (AvgIpc) is 3.91. The van der Waals surface area contributed by atoms with Gasteiger partial charge in [0, 0.05) is 51.7 Å². The largest absolute Gasteiger partial charge is 0.310 e. The molecule has 0 atom stereocenters. The number of hydrogen-bond donors (Lipinski definition) is 0. The van der Waals surface area contributed by atoms with Gasteiger partial charge in [0.2, 0.25) is 0 Å². The van der Waals surface area contributed by atoms with Gasteiger partial charge in [-0.15, -0.1) is 22.7 Å². The van der Waals surface area contributed by atoms with Crippen LogP contribution in [-0.4, -0.2) is 0 Å². The number of nitrogens with zero attached hydrogens (tertiary/aromatic N) is 1. The lowest BCUT2D eigenvalue weighted by Crippen LogP contribution is -2.10. The molecule has 286 valence electrons. The van der Waals surface area contributed by atoms with Crippen LogP contribution in [0, 0.1) is 0 Å². The van der Waals surface area contributed by atoms with Gasteiger partial charge in [-0.2, -0.15) is 0 Å². The van der Waals surface area contributed by atoms with E-state index in [2.05, 4.69) is 229 Å². The molecule has 0 radical (unpaired) electrons. The van der Waals surface area contributed by atoms with Gasteiger partial charge in [-0.3, -0.25) is 0 Å². The standard InChI is InChI=1S/C58H37NS2/c1-3-11-38(12-4-1)46-27-31-50-52-37-48(30-34-55(52)60-56(50)36-46)59(53-33-32-49(43-14-5-2-6-15-43)58-57(53)51-17-9-10-18-54(51)61-58)47-28-25-41(26-29-47)40-19-21-42(22-20-40)45-24-23-39-13-7-8-16-44(39)35-45/h1-37H. The Labute approximate surface area is 362 Å². The van der Waals surface area contributed by atoms with E-state index in [-0.39, 0.29) is 0 Å². The molecule has 0 aliphatic rings. The molecule has 12 aromatic rings. The Bertz CT molecular complexity index is 3560. The Balaban J connectivity index is 0.998. The second-order valence-electron chi connectivity index (χ2n) is 15.7. The van der Waals surface area contributed by atoms with E-state index < -0.39 is 0 Å². The normalized spacial score (nSPS) is 11.6. The van der Waals surface area contributed by atoms with E-state index in [0.29, 0.717) is 0 Å². The second-order valence-corrected chi connectivity index (χ2v) is 17.8. The molecule has 0 saturated carbocycles. The fraction of sp³-hybridized carbons (Fsp3) is 0. The van der Waals surface area contributed by atoms with Crippen molar-refractivity contribution in [2.24, 2.45) is 0 Å². The molecule has 2 heterocycles. The van der Waals surface area contributed by atoms with Crippen LogP contribution in [0.3, 0.4) is 0 Å². The Kier molecular flexibility index (Phi) is 8.62. The van der Waals surface area contributed by atoms with E-state index in [9.17, 15) is 0 Å². The molecule has 12 rings (SSSR count). The Hall–Kier alpha value is -7.30. The molecule has 61 heavy (non-hydrogen) atoms. The molecular weight excluding hydrogens is 775 g/mol. The quantitative estimate of drug-likeness (QED) is 0.155. The van der Waals surface area contributed by atoms with Gasteiger partial charge < -0.3 is 4.90 Å². The summed E-state index contributed by atoms with van der Waals surface area (Å²) in [5, 5.41) is 7.64. The number of thiophene rings is 2. The molecule has 0 aliphatic carbocycles. The maximum absolute atomic E-state index is 2.48. The predicted octanol–water partition coefficient (Wildman–Crippen LogP) is 17.7. The van der Waals surface area contributed by atoms with Gasteiger partial charge in [-0.05, 0) is 110 Å². The molecule has 0 saturated heterocycles. The van der Waals surface area contributed by atoms with E-state index in [0.717, 1.165) is 11.4 Å². The molecule has 0 aliphatic heterocycles. The van der Waals surface area contributed by atoms with Crippen molar-refractivity contribution in [1.82, 2.24) is 0 Å². The number of hydrogen-bond acceptors (Lipinski definition) is 3. The van der Waals surface area contributed by atoms with Gasteiger partial charge in [-0.25, -0.2) is 0 Å². The van der Waals surface area contributed by atoms with Crippen molar-refractivity contribution in [3.8, 4) is 44.5 Å². The molecular formula is C58H37NS2. The predicted molar refractivity (Wildman–Crippen MR) is 266 cm³/mol. The summed E-state index contributed by atoms with van der Waals surface area (Å²) in [6, 6.07) is 82.4. The van der Waals surface area contributed by atoms with E-state index in [1.54, 1.807) is 0 Å². The fourth-order valence-electron chi connectivity index (χ4n) is 9.01. The van der Waals surface area contributed by atoms with E-state index in [1.807, 2.05) is 22.7 Å². The first kappa shape index (κ1) is 35.6. The molecule has 0 bridgehead atoms. The lowest BCUT2D eigenvalue weighted by Gasteiger charge is -2.27. The zero-order valence-corrected chi connectivity index (χ0v) is 34.8. The van der Waals surface area contributed by atoms with Gasteiger partial charge in [0.15, 0.2) is 0 Å². The van der Waals surface area contributed by atoms with Crippen LogP contribution in [-0.2, 0) is 0 Å². The van der Waals surface area contributed by atoms with Gasteiger partial charge in [0.05, 0.1) is 5.69 Å². The molecule has 0 unspecified atom stereocenters. The fourth-order valence-corrected chi connectivity index (χ4v) is 11.4. The van der Waals surface area contributed by atoms with E-state index >= 15 is 0 Å². The molecule has 3 heteroatoms. The van der Waals surface area contributed by atoms with Crippen molar-refractivity contribution in [2.45, 2.75) is 0 Å². The summed E-state index contributed by atoms with van der Waals surface area (Å²) in [5.74, 6) is 0. The van der Waals surface area contributed by atoms with Crippen LogP contribution in [0.5, 0.6) is 0 Å². The van der Waals surface area contributed by atoms with Crippen LogP contribution < -0.4 is 4.90 Å². The number of fused-ring (bicyclic) bond motifs is 7. The first-order valence-electron chi connectivity index (χ1n) is 20.7. The first-order valence-corrected chi connectivity index (χ1v) is 22.4. The van der Waals surface area contributed by atoms with Crippen LogP contribution in [0.15, 0.2) is 224 Å². The summed E-state index contributed by atoms with van der Waals surface area (Å²) < 4.78 is 5.18. The number of benzene rings is 10. The van der Waals surface area contributed by atoms with Crippen molar-refractivity contribution < 1.29 is 0 Å². The molecule has 0 N–H and O–H groups in total. The molecule has 2 aromatic heterocycles. The third-order valence-corrected chi connectivity index (χ3v) is 14.4. The minimum Gasteiger partial charge on any atom is -0.310 e. The average molecular weight is 812 g/mol. The van der Waals surface area contributed by atoms with Crippen molar-refractivity contribution in [1.29, 1.82) is 0 Å². The van der Waals surface area contributed by atoms with Crippen LogP contribution in [0.1, 0.15) is 0 Å². The third-order valence-electron chi connectivity index (χ3n) is 12.1. The van der Waals surface area contributed by atoms with Gasteiger partial charge in [0.25, 0.3) is 0 Å².